The van der Waals surface area contributed by atoms with Crippen molar-refractivity contribution < 1.29 is 14.3 Å². The fourth-order valence-corrected chi connectivity index (χ4v) is 1.09. The summed E-state index contributed by atoms with van der Waals surface area (Å²) < 4.78 is 4.95. The third kappa shape index (κ3) is 4.44. The maximum absolute atomic E-state index is 11.2. The topological polar surface area (TPSA) is 55.4 Å². The lowest BCUT2D eigenvalue weighted by molar-refractivity contribution is 0.138. The third-order valence-electron chi connectivity index (χ3n) is 1.88. The predicted octanol–water partition coefficient (Wildman–Crippen LogP) is 1.69. The average Bonchev–Trinajstić information content (AvgIpc) is 2.28. The zero-order chi connectivity index (χ0) is 11.8. The molecule has 0 heterocycles. The second-order valence-corrected chi connectivity index (χ2v) is 3.28. The molecule has 0 aromatic heterocycles. The molecule has 4 nitrogen and oxygen atoms in total. The molecule has 0 bridgehead atoms. The predicted molar refractivity (Wildman–Crippen MR) is 59.5 cm³/mol. The van der Waals surface area contributed by atoms with Crippen LogP contribution in [0.1, 0.15) is 12.5 Å². The van der Waals surface area contributed by atoms with Gasteiger partial charge in [-0.15, -0.1) is 0 Å². The van der Waals surface area contributed by atoms with Gasteiger partial charge >= 0.3 is 6.09 Å². The lowest BCUT2D eigenvalue weighted by atomic mass is 10.2. The molecule has 0 aliphatic heterocycles. The Morgan fingerprint density at radius 3 is 2.81 bits per heavy atom. The van der Waals surface area contributed by atoms with Gasteiger partial charge in [-0.25, -0.2) is 9.59 Å². The Balaban J connectivity index is 2.33. The van der Waals surface area contributed by atoms with Crippen molar-refractivity contribution in [1.82, 2.24) is 5.32 Å². The molecule has 0 saturated heterocycles. The molecular weight excluding hydrogens is 206 g/mol. The number of amides is 1. The smallest absolute Gasteiger partial charge is 0.407 e. The van der Waals surface area contributed by atoms with Crippen LogP contribution in [0.4, 0.5) is 4.79 Å². The van der Waals surface area contributed by atoms with E-state index in [-0.39, 0.29) is 12.6 Å². The maximum Gasteiger partial charge on any atom is 0.407 e. The third-order valence-corrected chi connectivity index (χ3v) is 1.88. The minimum atomic E-state index is -0.553. The molecule has 16 heavy (non-hydrogen) atoms. The van der Waals surface area contributed by atoms with Crippen molar-refractivity contribution in [3.8, 4) is 0 Å². The highest BCUT2D eigenvalue weighted by atomic mass is 16.5. The van der Waals surface area contributed by atoms with Crippen LogP contribution in [0.25, 0.3) is 0 Å². The number of carbonyl (C=O) groups is 1. The van der Waals surface area contributed by atoms with Crippen molar-refractivity contribution in [2.75, 3.05) is 0 Å². The highest BCUT2D eigenvalue weighted by Crippen LogP contribution is 2.00. The second-order valence-electron chi connectivity index (χ2n) is 3.28. The monoisotopic (exact) mass is 219 g/mol. The van der Waals surface area contributed by atoms with Crippen LogP contribution in [-0.4, -0.2) is 18.1 Å². The molecule has 0 aliphatic rings. The number of hydrogen-bond donors (Lipinski definition) is 1. The van der Waals surface area contributed by atoms with E-state index in [1.54, 1.807) is 12.9 Å². The van der Waals surface area contributed by atoms with Gasteiger partial charge in [-0.2, -0.15) is 0 Å². The van der Waals surface area contributed by atoms with Gasteiger partial charge < -0.3 is 10.1 Å². The van der Waals surface area contributed by atoms with Crippen LogP contribution in [0, 0.1) is 0 Å². The SMILES string of the molecule is C[C@@H](C=C=O)NC(=O)OCc1ccccc1. The molecule has 0 spiro atoms. The lowest BCUT2D eigenvalue weighted by Gasteiger charge is -2.09. The average molecular weight is 219 g/mol. The molecule has 1 aromatic rings. The van der Waals surface area contributed by atoms with Crippen LogP contribution in [0.5, 0.6) is 0 Å². The molecule has 1 amide bonds. The van der Waals surface area contributed by atoms with E-state index < -0.39 is 6.09 Å². The van der Waals surface area contributed by atoms with Gasteiger partial charge in [0.2, 0.25) is 0 Å². The maximum atomic E-state index is 11.2. The summed E-state index contributed by atoms with van der Waals surface area (Å²) in [6.07, 6.45) is 0.659. The van der Waals surface area contributed by atoms with Crippen molar-refractivity contribution in [2.45, 2.75) is 19.6 Å². The zero-order valence-corrected chi connectivity index (χ0v) is 8.97. The van der Waals surface area contributed by atoms with Crippen LogP contribution in [-0.2, 0) is 16.1 Å². The molecule has 0 unspecified atom stereocenters. The van der Waals surface area contributed by atoms with Gasteiger partial charge in [-0.05, 0) is 12.5 Å². The number of hydrogen-bond acceptors (Lipinski definition) is 3. The Morgan fingerprint density at radius 1 is 1.50 bits per heavy atom. The molecule has 0 saturated carbocycles. The number of ether oxygens (including phenoxy) is 1. The molecule has 1 aromatic carbocycles. The first-order chi connectivity index (χ1) is 7.72. The van der Waals surface area contributed by atoms with Crippen LogP contribution in [0.15, 0.2) is 36.4 Å². The highest BCUT2D eigenvalue weighted by molar-refractivity contribution is 5.68. The van der Waals surface area contributed by atoms with E-state index in [4.69, 9.17) is 4.74 Å². The van der Waals surface area contributed by atoms with Crippen LogP contribution >= 0.6 is 0 Å². The number of rotatable bonds is 4. The van der Waals surface area contributed by atoms with E-state index in [0.29, 0.717) is 0 Å². The van der Waals surface area contributed by atoms with E-state index in [2.05, 4.69) is 5.32 Å². The Labute approximate surface area is 93.9 Å². The first-order valence-corrected chi connectivity index (χ1v) is 4.90. The van der Waals surface area contributed by atoms with Crippen LogP contribution < -0.4 is 5.32 Å². The van der Waals surface area contributed by atoms with Crippen molar-refractivity contribution in [2.24, 2.45) is 0 Å². The second kappa shape index (κ2) is 6.43. The first kappa shape index (κ1) is 12.0. The lowest BCUT2D eigenvalue weighted by Crippen LogP contribution is -2.31. The molecule has 4 heteroatoms. The fourth-order valence-electron chi connectivity index (χ4n) is 1.09. The minimum absolute atomic E-state index is 0.212. The summed E-state index contributed by atoms with van der Waals surface area (Å²) in [6, 6.07) is 8.98. The van der Waals surface area contributed by atoms with E-state index in [9.17, 15) is 9.59 Å². The van der Waals surface area contributed by atoms with Gasteiger partial charge in [0.25, 0.3) is 0 Å². The van der Waals surface area contributed by atoms with Gasteiger partial charge in [-0.3, -0.25) is 0 Å². The Kier molecular flexibility index (Phi) is 4.83. The number of carbonyl (C=O) groups excluding carboxylic acids is 2. The number of alkyl carbamates (subject to hydrolysis) is 1. The summed E-state index contributed by atoms with van der Waals surface area (Å²) in [4.78, 5) is 21.2. The van der Waals surface area contributed by atoms with Gasteiger partial charge in [0.1, 0.15) is 12.5 Å². The van der Waals surface area contributed by atoms with E-state index in [1.807, 2.05) is 30.3 Å². The molecule has 1 N–H and O–H groups in total. The quantitative estimate of drug-likeness (QED) is 0.784. The summed E-state index contributed by atoms with van der Waals surface area (Å²) in [5, 5.41) is 2.47. The molecular formula is C12H13NO3. The molecule has 84 valence electrons. The Morgan fingerprint density at radius 2 is 2.19 bits per heavy atom. The van der Waals surface area contributed by atoms with Crippen molar-refractivity contribution in [3.05, 3.63) is 42.0 Å². The summed E-state index contributed by atoms with van der Waals surface area (Å²) in [7, 11) is 0. The normalized spacial score (nSPS) is 11.1. The summed E-state index contributed by atoms with van der Waals surface area (Å²) in [5.74, 6) is 1.60. The fraction of sp³-hybridized carbons (Fsp3) is 0.250. The minimum Gasteiger partial charge on any atom is -0.445 e. The van der Waals surface area contributed by atoms with Gasteiger partial charge in [0.05, 0.1) is 6.04 Å². The number of benzene rings is 1. The van der Waals surface area contributed by atoms with E-state index in [1.165, 1.54) is 6.08 Å². The van der Waals surface area contributed by atoms with Gasteiger partial charge in [0, 0.05) is 6.08 Å². The van der Waals surface area contributed by atoms with Crippen molar-refractivity contribution in [1.29, 1.82) is 0 Å². The zero-order valence-electron chi connectivity index (χ0n) is 8.97. The van der Waals surface area contributed by atoms with Gasteiger partial charge in [-0.1, -0.05) is 30.3 Å². The summed E-state index contributed by atoms with van der Waals surface area (Å²) in [5.41, 5.74) is 0.913. The molecule has 0 radical (unpaired) electrons. The first-order valence-electron chi connectivity index (χ1n) is 4.90. The summed E-state index contributed by atoms with van der Waals surface area (Å²) >= 11 is 0. The van der Waals surface area contributed by atoms with Crippen molar-refractivity contribution in [3.63, 3.8) is 0 Å². The highest BCUT2D eigenvalue weighted by Gasteiger charge is 2.05. The van der Waals surface area contributed by atoms with E-state index in [0.717, 1.165) is 5.56 Å². The van der Waals surface area contributed by atoms with E-state index >= 15 is 0 Å². The Hall–Kier alpha value is -2.06. The largest absolute Gasteiger partial charge is 0.445 e. The Bertz CT molecular complexity index is 383. The molecule has 0 fully saturated rings. The molecule has 1 atom stereocenters. The van der Waals surface area contributed by atoms with Gasteiger partial charge in [0.15, 0.2) is 0 Å². The van der Waals surface area contributed by atoms with Crippen LogP contribution in [0.2, 0.25) is 0 Å². The molecule has 0 aliphatic carbocycles. The molecule has 1 rings (SSSR count). The summed E-state index contributed by atoms with van der Waals surface area (Å²) in [6.45, 7) is 1.87. The van der Waals surface area contributed by atoms with Crippen LogP contribution in [0.3, 0.4) is 0 Å². The number of nitrogens with one attached hydrogen (secondary N) is 1. The standard InChI is InChI=1S/C12H13NO3/c1-10(7-8-14)13-12(15)16-9-11-5-3-2-4-6-11/h2-7,10H,9H2,1H3,(H,13,15)/t10-/m0/s1. The van der Waals surface area contributed by atoms with Crippen molar-refractivity contribution >= 4 is 12.0 Å².